The number of carbonyl (C=O) groups excluding carboxylic acids is 1. The highest BCUT2D eigenvalue weighted by Gasteiger charge is 2.24. The first kappa shape index (κ1) is 15.8. The lowest BCUT2D eigenvalue weighted by atomic mass is 9.98. The minimum absolute atomic E-state index is 0.130. The molecule has 3 rings (SSSR count). The van der Waals surface area contributed by atoms with E-state index in [0.29, 0.717) is 5.92 Å². The van der Waals surface area contributed by atoms with Crippen LogP contribution in [0.25, 0.3) is 11.1 Å². The normalized spacial score (nSPS) is 18.0. The van der Waals surface area contributed by atoms with Crippen molar-refractivity contribution in [3.05, 3.63) is 60.2 Å². The zero-order valence-electron chi connectivity index (χ0n) is 13.6. The van der Waals surface area contributed by atoms with Gasteiger partial charge in [-0.1, -0.05) is 42.5 Å². The molecule has 1 fully saturated rings. The molecule has 0 bridgehead atoms. The highest BCUT2D eigenvalue weighted by Crippen LogP contribution is 2.22. The van der Waals surface area contributed by atoms with Crippen molar-refractivity contribution in [1.29, 1.82) is 0 Å². The van der Waals surface area contributed by atoms with Gasteiger partial charge < -0.3 is 9.64 Å². The van der Waals surface area contributed by atoms with Crippen molar-refractivity contribution in [3.8, 4) is 11.1 Å². The van der Waals surface area contributed by atoms with E-state index in [0.717, 1.165) is 43.7 Å². The monoisotopic (exact) mass is 309 g/mol. The number of hydrogen-bond acceptors (Lipinski definition) is 2. The Kier molecular flexibility index (Phi) is 5.09. The molecule has 120 valence electrons. The number of nitrogens with zero attached hydrogens (tertiary/aromatic N) is 1. The fourth-order valence-electron chi connectivity index (χ4n) is 3.24. The molecule has 3 nitrogen and oxygen atoms in total. The van der Waals surface area contributed by atoms with Crippen molar-refractivity contribution in [2.45, 2.75) is 12.8 Å². The number of piperidine rings is 1. The van der Waals surface area contributed by atoms with Crippen molar-refractivity contribution in [1.82, 2.24) is 4.90 Å². The molecule has 0 radical (unpaired) electrons. The van der Waals surface area contributed by atoms with E-state index in [-0.39, 0.29) is 5.91 Å². The molecule has 0 N–H and O–H groups in total. The first-order valence-corrected chi connectivity index (χ1v) is 8.21. The molecule has 0 aromatic heterocycles. The minimum atomic E-state index is 0.130. The third kappa shape index (κ3) is 3.80. The van der Waals surface area contributed by atoms with Crippen molar-refractivity contribution in [3.63, 3.8) is 0 Å². The number of likely N-dealkylation sites (tertiary alicyclic amines) is 1. The van der Waals surface area contributed by atoms with Crippen LogP contribution in [0.3, 0.4) is 0 Å². The average Bonchev–Trinajstić information content (AvgIpc) is 2.62. The Bertz CT molecular complexity index is 634. The summed E-state index contributed by atoms with van der Waals surface area (Å²) in [6, 6.07) is 18.1. The number of benzene rings is 2. The molecule has 0 spiro atoms. The molecule has 23 heavy (non-hydrogen) atoms. The Morgan fingerprint density at radius 2 is 1.78 bits per heavy atom. The van der Waals surface area contributed by atoms with E-state index in [9.17, 15) is 4.79 Å². The number of amides is 1. The van der Waals surface area contributed by atoms with Gasteiger partial charge in [-0.15, -0.1) is 0 Å². The second-order valence-electron chi connectivity index (χ2n) is 6.16. The van der Waals surface area contributed by atoms with Crippen molar-refractivity contribution in [2.75, 3.05) is 26.8 Å². The van der Waals surface area contributed by atoms with Crippen LogP contribution in [-0.2, 0) is 4.74 Å². The van der Waals surface area contributed by atoms with Gasteiger partial charge >= 0.3 is 0 Å². The van der Waals surface area contributed by atoms with Crippen LogP contribution in [0.5, 0.6) is 0 Å². The molecule has 1 atom stereocenters. The molecule has 1 amide bonds. The summed E-state index contributed by atoms with van der Waals surface area (Å²) in [5.41, 5.74) is 3.07. The van der Waals surface area contributed by atoms with Crippen LogP contribution >= 0.6 is 0 Å². The summed E-state index contributed by atoms with van der Waals surface area (Å²) in [5.74, 6) is 0.590. The topological polar surface area (TPSA) is 29.5 Å². The zero-order chi connectivity index (χ0) is 16.1. The van der Waals surface area contributed by atoms with Crippen molar-refractivity contribution < 1.29 is 9.53 Å². The molecule has 1 unspecified atom stereocenters. The summed E-state index contributed by atoms with van der Waals surface area (Å²) in [6.45, 7) is 2.38. The second-order valence-corrected chi connectivity index (χ2v) is 6.16. The lowest BCUT2D eigenvalue weighted by Gasteiger charge is -2.32. The molecule has 3 heteroatoms. The van der Waals surface area contributed by atoms with Crippen molar-refractivity contribution in [2.24, 2.45) is 5.92 Å². The number of carbonyl (C=O) groups is 1. The standard InChI is InChI=1S/C20H23NO2/c1-23-15-16-6-5-13-21(14-16)20(22)19-11-9-18(10-12-19)17-7-3-2-4-8-17/h2-4,7-12,16H,5-6,13-15H2,1H3. The van der Waals surface area contributed by atoms with E-state index >= 15 is 0 Å². The highest BCUT2D eigenvalue weighted by atomic mass is 16.5. The molecule has 2 aromatic rings. The van der Waals surface area contributed by atoms with E-state index in [2.05, 4.69) is 12.1 Å². The van der Waals surface area contributed by atoms with Crippen molar-refractivity contribution >= 4 is 5.91 Å². The fourth-order valence-corrected chi connectivity index (χ4v) is 3.24. The van der Waals surface area contributed by atoms with Crippen LogP contribution in [0.15, 0.2) is 54.6 Å². The summed E-state index contributed by atoms with van der Waals surface area (Å²) >= 11 is 0. The van der Waals surface area contributed by atoms with Gasteiger partial charge in [0, 0.05) is 25.8 Å². The van der Waals surface area contributed by atoms with Gasteiger partial charge in [-0.05, 0) is 42.0 Å². The van der Waals surface area contributed by atoms with Crippen LogP contribution in [0.2, 0.25) is 0 Å². The predicted molar refractivity (Wildman–Crippen MR) is 92.4 cm³/mol. The van der Waals surface area contributed by atoms with Crippen LogP contribution < -0.4 is 0 Å². The lowest BCUT2D eigenvalue weighted by Crippen LogP contribution is -2.41. The van der Waals surface area contributed by atoms with Crippen LogP contribution in [-0.4, -0.2) is 37.6 Å². The summed E-state index contributed by atoms with van der Waals surface area (Å²) < 4.78 is 5.24. The van der Waals surface area contributed by atoms with Gasteiger partial charge in [0.15, 0.2) is 0 Å². The second kappa shape index (κ2) is 7.42. The molecule has 1 heterocycles. The van der Waals surface area contributed by atoms with E-state index in [1.807, 2.05) is 47.4 Å². The molecular weight excluding hydrogens is 286 g/mol. The summed E-state index contributed by atoms with van der Waals surface area (Å²) in [6.07, 6.45) is 2.20. The first-order chi connectivity index (χ1) is 11.3. The smallest absolute Gasteiger partial charge is 0.253 e. The number of methoxy groups -OCH3 is 1. The Morgan fingerprint density at radius 3 is 2.48 bits per heavy atom. The summed E-state index contributed by atoms with van der Waals surface area (Å²) in [4.78, 5) is 14.6. The summed E-state index contributed by atoms with van der Waals surface area (Å²) in [5, 5.41) is 0. The molecule has 1 aliphatic rings. The maximum Gasteiger partial charge on any atom is 0.253 e. The molecule has 1 aliphatic heterocycles. The van der Waals surface area contributed by atoms with Gasteiger partial charge in [0.2, 0.25) is 0 Å². The maximum atomic E-state index is 12.7. The third-order valence-electron chi connectivity index (χ3n) is 4.45. The van der Waals surface area contributed by atoms with Gasteiger partial charge in [0.1, 0.15) is 0 Å². The maximum absolute atomic E-state index is 12.7. The Labute approximate surface area is 137 Å². The minimum Gasteiger partial charge on any atom is -0.384 e. The Balaban J connectivity index is 1.70. The Morgan fingerprint density at radius 1 is 1.09 bits per heavy atom. The van der Waals surface area contributed by atoms with Gasteiger partial charge in [-0.25, -0.2) is 0 Å². The van der Waals surface area contributed by atoms with Crippen LogP contribution in [0.4, 0.5) is 0 Å². The average molecular weight is 309 g/mol. The zero-order valence-corrected chi connectivity index (χ0v) is 13.6. The van der Waals surface area contributed by atoms with E-state index < -0.39 is 0 Å². The molecule has 0 saturated carbocycles. The molecule has 1 saturated heterocycles. The van der Waals surface area contributed by atoms with E-state index in [1.54, 1.807) is 7.11 Å². The molecular formula is C20H23NO2. The van der Waals surface area contributed by atoms with E-state index in [4.69, 9.17) is 4.74 Å². The quantitative estimate of drug-likeness (QED) is 0.858. The Hall–Kier alpha value is -2.13. The molecule has 2 aromatic carbocycles. The molecule has 0 aliphatic carbocycles. The number of rotatable bonds is 4. The van der Waals surface area contributed by atoms with Gasteiger partial charge in [0.05, 0.1) is 6.61 Å². The van der Waals surface area contributed by atoms with Gasteiger partial charge in [0.25, 0.3) is 5.91 Å². The van der Waals surface area contributed by atoms with E-state index in [1.165, 1.54) is 5.56 Å². The predicted octanol–water partition coefficient (Wildman–Crippen LogP) is 3.85. The largest absolute Gasteiger partial charge is 0.384 e. The summed E-state index contributed by atoms with van der Waals surface area (Å²) in [7, 11) is 1.73. The van der Waals surface area contributed by atoms with Crippen LogP contribution in [0.1, 0.15) is 23.2 Å². The fraction of sp³-hybridized carbons (Fsp3) is 0.350. The van der Waals surface area contributed by atoms with Gasteiger partial charge in [-0.2, -0.15) is 0 Å². The lowest BCUT2D eigenvalue weighted by molar-refractivity contribution is 0.0571. The van der Waals surface area contributed by atoms with Crippen LogP contribution in [0, 0.1) is 5.92 Å². The first-order valence-electron chi connectivity index (χ1n) is 8.21. The third-order valence-corrected chi connectivity index (χ3v) is 4.45. The SMILES string of the molecule is COCC1CCCN(C(=O)c2ccc(-c3ccccc3)cc2)C1. The number of ether oxygens (including phenoxy) is 1. The van der Waals surface area contributed by atoms with Gasteiger partial charge in [-0.3, -0.25) is 4.79 Å². The highest BCUT2D eigenvalue weighted by molar-refractivity contribution is 5.94. The number of hydrogen-bond donors (Lipinski definition) is 0.